The molecule has 1 aromatic heterocycles. The third-order valence-corrected chi connectivity index (χ3v) is 6.79. The zero-order valence-electron chi connectivity index (χ0n) is 16.6. The molecule has 1 aliphatic heterocycles. The quantitative estimate of drug-likeness (QED) is 0.541. The molecule has 0 atom stereocenters. The van der Waals surface area contributed by atoms with Gasteiger partial charge in [-0.1, -0.05) is 24.3 Å². The second kappa shape index (κ2) is 8.27. The summed E-state index contributed by atoms with van der Waals surface area (Å²) in [5.74, 6) is -1.47. The normalized spacial score (nSPS) is 13.0. The lowest BCUT2D eigenvalue weighted by Gasteiger charge is -2.19. The van der Waals surface area contributed by atoms with Crippen molar-refractivity contribution in [2.75, 3.05) is 18.0 Å². The monoisotopic (exact) mass is 441 g/mol. The first-order valence-electron chi connectivity index (χ1n) is 9.44. The highest BCUT2D eigenvalue weighted by Gasteiger charge is 2.31. The molecule has 2 heterocycles. The van der Waals surface area contributed by atoms with Crippen molar-refractivity contribution in [3.63, 3.8) is 0 Å². The number of rotatable bonds is 6. The van der Waals surface area contributed by atoms with Gasteiger partial charge < -0.3 is 13.9 Å². The lowest BCUT2D eigenvalue weighted by Crippen LogP contribution is -2.29. The molecule has 160 valence electrons. The Morgan fingerprint density at radius 1 is 1.06 bits per heavy atom. The van der Waals surface area contributed by atoms with Crippen LogP contribution in [-0.2, 0) is 32.5 Å². The fourth-order valence-corrected chi connectivity index (χ4v) is 4.97. The van der Waals surface area contributed by atoms with E-state index in [4.69, 9.17) is 9.15 Å². The van der Waals surface area contributed by atoms with Crippen LogP contribution in [0.5, 0.6) is 0 Å². The summed E-state index contributed by atoms with van der Waals surface area (Å²) >= 11 is 0. The molecule has 2 aromatic carbocycles. The number of fused-ring (bicyclic) bond motifs is 1. The Labute approximate surface area is 179 Å². The highest BCUT2D eigenvalue weighted by Crippen LogP contribution is 2.32. The van der Waals surface area contributed by atoms with Crippen molar-refractivity contribution >= 4 is 27.6 Å². The SMILES string of the molecule is COC(=O)c1occc1COC(=O)c1cccc(S(=O)(=O)N2CCc3ccccc32)c1. The molecule has 0 fully saturated rings. The zero-order chi connectivity index (χ0) is 22.0. The van der Waals surface area contributed by atoms with E-state index < -0.39 is 22.0 Å². The summed E-state index contributed by atoms with van der Waals surface area (Å²) in [6.45, 7) is 0.114. The minimum absolute atomic E-state index is 0.00258. The maximum atomic E-state index is 13.2. The van der Waals surface area contributed by atoms with Crippen LogP contribution in [0.4, 0.5) is 5.69 Å². The van der Waals surface area contributed by atoms with Gasteiger partial charge in [-0.15, -0.1) is 0 Å². The number of hydrogen-bond donors (Lipinski definition) is 0. The van der Waals surface area contributed by atoms with E-state index in [1.807, 2.05) is 12.1 Å². The number of sulfonamides is 1. The average molecular weight is 441 g/mol. The van der Waals surface area contributed by atoms with Crippen LogP contribution in [0.3, 0.4) is 0 Å². The van der Waals surface area contributed by atoms with Gasteiger partial charge in [0.2, 0.25) is 5.76 Å². The lowest BCUT2D eigenvalue weighted by molar-refractivity contribution is 0.0453. The summed E-state index contributed by atoms with van der Waals surface area (Å²) in [5, 5.41) is 0. The molecule has 0 spiro atoms. The second-order valence-electron chi connectivity index (χ2n) is 6.83. The number of carbonyl (C=O) groups excluding carboxylic acids is 2. The summed E-state index contributed by atoms with van der Waals surface area (Å²) in [6, 6.07) is 14.5. The van der Waals surface area contributed by atoms with Crippen molar-refractivity contribution in [3.8, 4) is 0 Å². The molecule has 9 heteroatoms. The number of nitrogens with zero attached hydrogens (tertiary/aromatic N) is 1. The van der Waals surface area contributed by atoms with E-state index in [1.54, 1.807) is 12.1 Å². The van der Waals surface area contributed by atoms with Crippen molar-refractivity contribution in [1.82, 2.24) is 0 Å². The van der Waals surface area contributed by atoms with E-state index in [-0.39, 0.29) is 22.8 Å². The first-order chi connectivity index (χ1) is 14.9. The van der Waals surface area contributed by atoms with E-state index in [1.165, 1.54) is 48.0 Å². The maximum absolute atomic E-state index is 13.2. The summed E-state index contributed by atoms with van der Waals surface area (Å²) in [7, 11) is -2.62. The number of anilines is 1. The van der Waals surface area contributed by atoms with Gasteiger partial charge in [0.1, 0.15) is 6.61 Å². The highest BCUT2D eigenvalue weighted by atomic mass is 32.2. The first-order valence-corrected chi connectivity index (χ1v) is 10.9. The topological polar surface area (TPSA) is 103 Å². The van der Waals surface area contributed by atoms with Crippen molar-refractivity contribution in [3.05, 3.63) is 83.3 Å². The van der Waals surface area contributed by atoms with Gasteiger partial charge in [-0.25, -0.2) is 18.0 Å². The van der Waals surface area contributed by atoms with Crippen LogP contribution in [0.1, 0.15) is 32.0 Å². The van der Waals surface area contributed by atoms with E-state index in [9.17, 15) is 18.0 Å². The Kier molecular flexibility index (Phi) is 5.51. The van der Waals surface area contributed by atoms with E-state index in [0.29, 0.717) is 24.2 Å². The molecular formula is C22H19NO7S. The number of hydrogen-bond acceptors (Lipinski definition) is 7. The molecule has 0 aliphatic carbocycles. The minimum Gasteiger partial charge on any atom is -0.463 e. The Hall–Kier alpha value is -3.59. The van der Waals surface area contributed by atoms with Crippen molar-refractivity contribution < 1.29 is 31.9 Å². The summed E-state index contributed by atoms with van der Waals surface area (Å²) in [4.78, 5) is 24.2. The predicted molar refractivity (Wildman–Crippen MR) is 110 cm³/mol. The van der Waals surface area contributed by atoms with Crippen LogP contribution >= 0.6 is 0 Å². The van der Waals surface area contributed by atoms with Crippen molar-refractivity contribution in [1.29, 1.82) is 0 Å². The highest BCUT2D eigenvalue weighted by molar-refractivity contribution is 7.92. The number of para-hydroxylation sites is 1. The molecule has 8 nitrogen and oxygen atoms in total. The number of ether oxygens (including phenoxy) is 2. The van der Waals surface area contributed by atoms with Gasteiger partial charge >= 0.3 is 11.9 Å². The van der Waals surface area contributed by atoms with E-state index in [2.05, 4.69) is 4.74 Å². The minimum atomic E-state index is -3.84. The molecule has 4 rings (SSSR count). The van der Waals surface area contributed by atoms with Gasteiger partial charge in [-0.2, -0.15) is 0 Å². The van der Waals surface area contributed by atoms with Crippen LogP contribution in [0, 0.1) is 0 Å². The molecule has 3 aromatic rings. The third kappa shape index (κ3) is 3.91. The number of furan rings is 1. The maximum Gasteiger partial charge on any atom is 0.374 e. The number of methoxy groups -OCH3 is 1. The number of esters is 2. The summed E-state index contributed by atoms with van der Waals surface area (Å²) in [6.07, 6.45) is 1.92. The fourth-order valence-electron chi connectivity index (χ4n) is 3.42. The molecule has 0 unspecified atom stereocenters. The van der Waals surface area contributed by atoms with Crippen LogP contribution in [0.15, 0.2) is 70.2 Å². The standard InChI is InChI=1S/C22H19NO7S/c1-28-22(25)20-17(10-12-29-20)14-30-21(24)16-6-4-7-18(13-16)31(26,27)23-11-9-15-5-2-3-8-19(15)23/h2-8,10,12-13H,9,11,14H2,1H3. The van der Waals surface area contributed by atoms with Gasteiger partial charge in [-0.05, 0) is 42.3 Å². The predicted octanol–water partition coefficient (Wildman–Crippen LogP) is 3.17. The number of benzene rings is 2. The molecular weight excluding hydrogens is 422 g/mol. The molecule has 0 radical (unpaired) electrons. The van der Waals surface area contributed by atoms with E-state index in [0.717, 1.165) is 5.56 Å². The van der Waals surface area contributed by atoms with E-state index >= 15 is 0 Å². The largest absolute Gasteiger partial charge is 0.463 e. The number of carbonyl (C=O) groups is 2. The van der Waals surface area contributed by atoms with Crippen LogP contribution in [0.2, 0.25) is 0 Å². The van der Waals surface area contributed by atoms with Gasteiger partial charge in [0.05, 0.1) is 29.5 Å². The molecule has 1 aliphatic rings. The Morgan fingerprint density at radius 3 is 2.68 bits per heavy atom. The Bertz CT molecular complexity index is 1250. The lowest BCUT2D eigenvalue weighted by atomic mass is 10.2. The Balaban J connectivity index is 1.53. The van der Waals surface area contributed by atoms with Crippen molar-refractivity contribution in [2.24, 2.45) is 0 Å². The summed E-state index contributed by atoms with van der Waals surface area (Å²) < 4.78 is 42.6. The van der Waals surface area contributed by atoms with Gasteiger partial charge in [0.15, 0.2) is 0 Å². The van der Waals surface area contributed by atoms with Crippen LogP contribution < -0.4 is 4.31 Å². The molecule has 0 bridgehead atoms. The average Bonchev–Trinajstić information content (AvgIpc) is 3.44. The second-order valence-corrected chi connectivity index (χ2v) is 8.69. The van der Waals surface area contributed by atoms with Gasteiger partial charge in [-0.3, -0.25) is 4.31 Å². The Morgan fingerprint density at radius 2 is 1.87 bits per heavy atom. The zero-order valence-corrected chi connectivity index (χ0v) is 17.4. The van der Waals surface area contributed by atoms with Gasteiger partial charge in [0.25, 0.3) is 10.0 Å². The fraction of sp³-hybridized carbons (Fsp3) is 0.182. The molecule has 0 saturated carbocycles. The third-order valence-electron chi connectivity index (χ3n) is 4.98. The van der Waals surface area contributed by atoms with Crippen LogP contribution in [0.25, 0.3) is 0 Å². The molecule has 0 saturated heterocycles. The van der Waals surface area contributed by atoms with Crippen LogP contribution in [-0.4, -0.2) is 34.0 Å². The van der Waals surface area contributed by atoms with Crippen molar-refractivity contribution in [2.45, 2.75) is 17.9 Å². The molecule has 0 N–H and O–H groups in total. The summed E-state index contributed by atoms with van der Waals surface area (Å²) in [5.41, 5.74) is 2.03. The first kappa shape index (κ1) is 20.7. The smallest absolute Gasteiger partial charge is 0.374 e. The molecule has 0 amide bonds. The van der Waals surface area contributed by atoms with Gasteiger partial charge in [0, 0.05) is 12.1 Å². The molecule has 31 heavy (non-hydrogen) atoms.